The van der Waals surface area contributed by atoms with Gasteiger partial charge in [0.1, 0.15) is 11.5 Å². The van der Waals surface area contributed by atoms with Crippen LogP contribution in [0.2, 0.25) is 0 Å². The van der Waals surface area contributed by atoms with E-state index in [4.69, 9.17) is 9.47 Å². The zero-order chi connectivity index (χ0) is 14.7. The van der Waals surface area contributed by atoms with E-state index in [2.05, 4.69) is 11.4 Å². The molecule has 21 heavy (non-hydrogen) atoms. The Morgan fingerprint density at radius 2 is 2.14 bits per heavy atom. The van der Waals surface area contributed by atoms with Gasteiger partial charge in [0, 0.05) is 24.6 Å². The molecule has 1 heterocycles. The summed E-state index contributed by atoms with van der Waals surface area (Å²) in [6.07, 6.45) is 5.29. The van der Waals surface area contributed by atoms with Gasteiger partial charge in [0.15, 0.2) is 0 Å². The molecule has 4 heteroatoms. The summed E-state index contributed by atoms with van der Waals surface area (Å²) < 4.78 is 11.0. The van der Waals surface area contributed by atoms with Crippen molar-refractivity contribution in [3.8, 4) is 11.5 Å². The van der Waals surface area contributed by atoms with Crippen molar-refractivity contribution in [3.05, 3.63) is 23.8 Å². The van der Waals surface area contributed by atoms with Gasteiger partial charge in [-0.15, -0.1) is 0 Å². The number of hydrogen-bond donors (Lipinski definition) is 2. The lowest BCUT2D eigenvalue weighted by atomic mass is 9.86. The Hall–Kier alpha value is -1.26. The first kappa shape index (κ1) is 14.7. The van der Waals surface area contributed by atoms with Gasteiger partial charge in [-0.05, 0) is 37.0 Å². The monoisotopic (exact) mass is 291 g/mol. The van der Waals surface area contributed by atoms with E-state index in [9.17, 15) is 5.11 Å². The minimum absolute atomic E-state index is 0.143. The van der Waals surface area contributed by atoms with Crippen molar-refractivity contribution in [1.82, 2.24) is 5.32 Å². The number of fused-ring (bicyclic) bond motifs is 1. The lowest BCUT2D eigenvalue weighted by molar-refractivity contribution is 0.0670. The lowest BCUT2D eigenvalue weighted by Gasteiger charge is -2.32. The van der Waals surface area contributed by atoms with Crippen LogP contribution >= 0.6 is 0 Å². The highest BCUT2D eigenvalue weighted by Crippen LogP contribution is 2.35. The maximum Gasteiger partial charge on any atom is 0.124 e. The highest BCUT2D eigenvalue weighted by Gasteiger charge is 2.26. The van der Waals surface area contributed by atoms with Gasteiger partial charge >= 0.3 is 0 Å². The summed E-state index contributed by atoms with van der Waals surface area (Å²) in [4.78, 5) is 0. The Bertz CT molecular complexity index is 477. The first-order valence-electron chi connectivity index (χ1n) is 8.00. The number of methoxy groups -OCH3 is 1. The maximum atomic E-state index is 10.1. The predicted molar refractivity (Wildman–Crippen MR) is 81.8 cm³/mol. The second kappa shape index (κ2) is 6.67. The van der Waals surface area contributed by atoms with Crippen molar-refractivity contribution < 1.29 is 14.6 Å². The molecule has 0 saturated heterocycles. The van der Waals surface area contributed by atoms with E-state index in [1.54, 1.807) is 7.11 Å². The Morgan fingerprint density at radius 1 is 1.29 bits per heavy atom. The van der Waals surface area contributed by atoms with E-state index >= 15 is 0 Å². The van der Waals surface area contributed by atoms with Gasteiger partial charge in [0.05, 0.1) is 19.8 Å². The topological polar surface area (TPSA) is 50.7 Å². The molecule has 1 aliphatic heterocycles. The van der Waals surface area contributed by atoms with Crippen LogP contribution in [0.25, 0.3) is 0 Å². The number of nitrogens with one attached hydrogen (secondary N) is 1. The summed E-state index contributed by atoms with van der Waals surface area (Å²) in [5.74, 6) is 2.20. The fraction of sp³-hybridized carbons (Fsp3) is 0.647. The highest BCUT2D eigenvalue weighted by molar-refractivity contribution is 5.43. The first-order valence-corrected chi connectivity index (χ1v) is 8.00. The van der Waals surface area contributed by atoms with Crippen LogP contribution in [0.15, 0.2) is 18.2 Å². The maximum absolute atomic E-state index is 10.1. The summed E-state index contributed by atoms with van der Waals surface area (Å²) in [6.45, 7) is 1.62. The van der Waals surface area contributed by atoms with E-state index < -0.39 is 0 Å². The SMILES string of the molecule is COc1ccc2c(c1)C(NCC1CCCCC1O)CCO2. The average Bonchev–Trinajstić information content (AvgIpc) is 2.53. The minimum atomic E-state index is -0.143. The Kier molecular flexibility index (Phi) is 4.66. The van der Waals surface area contributed by atoms with Crippen LogP contribution in [0.5, 0.6) is 11.5 Å². The molecule has 2 aliphatic rings. The first-order chi connectivity index (χ1) is 10.3. The third kappa shape index (κ3) is 3.33. The van der Waals surface area contributed by atoms with Crippen LogP contribution in [0, 0.1) is 5.92 Å². The summed E-state index contributed by atoms with van der Waals surface area (Å²) in [5, 5.41) is 13.7. The predicted octanol–water partition coefficient (Wildman–Crippen LogP) is 2.66. The van der Waals surface area contributed by atoms with Crippen LogP contribution in [0.4, 0.5) is 0 Å². The zero-order valence-electron chi connectivity index (χ0n) is 12.7. The van der Waals surface area contributed by atoms with E-state index in [0.717, 1.165) is 50.3 Å². The quantitative estimate of drug-likeness (QED) is 0.895. The Morgan fingerprint density at radius 3 is 2.95 bits per heavy atom. The molecule has 2 N–H and O–H groups in total. The summed E-state index contributed by atoms with van der Waals surface area (Å²) >= 11 is 0. The molecular formula is C17H25NO3. The fourth-order valence-corrected chi connectivity index (χ4v) is 3.43. The van der Waals surface area contributed by atoms with Gasteiger partial charge in [-0.2, -0.15) is 0 Å². The van der Waals surface area contributed by atoms with Gasteiger partial charge in [-0.3, -0.25) is 0 Å². The molecule has 0 aromatic heterocycles. The van der Waals surface area contributed by atoms with Crippen molar-refractivity contribution in [2.45, 2.75) is 44.2 Å². The van der Waals surface area contributed by atoms with Crippen molar-refractivity contribution in [3.63, 3.8) is 0 Å². The molecule has 0 radical (unpaired) electrons. The standard InChI is InChI=1S/C17H25NO3/c1-20-13-6-7-17-14(10-13)15(8-9-21-17)18-11-12-4-2-3-5-16(12)19/h6-7,10,12,15-16,18-19H,2-5,8-9,11H2,1H3. The van der Waals surface area contributed by atoms with Crippen molar-refractivity contribution in [1.29, 1.82) is 0 Å². The molecule has 1 fully saturated rings. The number of aliphatic hydroxyl groups is 1. The van der Waals surface area contributed by atoms with Crippen LogP contribution < -0.4 is 14.8 Å². The van der Waals surface area contributed by atoms with Gasteiger partial charge in [-0.25, -0.2) is 0 Å². The van der Waals surface area contributed by atoms with E-state index in [0.29, 0.717) is 5.92 Å². The second-order valence-corrected chi connectivity index (χ2v) is 6.11. The van der Waals surface area contributed by atoms with Gasteiger partial charge < -0.3 is 19.9 Å². The largest absolute Gasteiger partial charge is 0.497 e. The molecule has 0 bridgehead atoms. The molecule has 4 nitrogen and oxygen atoms in total. The normalized spacial score (nSPS) is 28.6. The van der Waals surface area contributed by atoms with Crippen molar-refractivity contribution >= 4 is 0 Å². The van der Waals surface area contributed by atoms with Gasteiger partial charge in [0.25, 0.3) is 0 Å². The molecule has 3 unspecified atom stereocenters. The van der Waals surface area contributed by atoms with Crippen LogP contribution in [0.1, 0.15) is 43.7 Å². The molecule has 1 aromatic carbocycles. The van der Waals surface area contributed by atoms with E-state index in [1.807, 2.05) is 12.1 Å². The van der Waals surface area contributed by atoms with E-state index in [-0.39, 0.29) is 12.1 Å². The van der Waals surface area contributed by atoms with Crippen LogP contribution in [0.3, 0.4) is 0 Å². The fourth-order valence-electron chi connectivity index (χ4n) is 3.43. The molecule has 1 saturated carbocycles. The average molecular weight is 291 g/mol. The molecular weight excluding hydrogens is 266 g/mol. The second-order valence-electron chi connectivity index (χ2n) is 6.11. The van der Waals surface area contributed by atoms with Crippen molar-refractivity contribution in [2.24, 2.45) is 5.92 Å². The molecule has 3 atom stereocenters. The molecule has 3 rings (SSSR count). The van der Waals surface area contributed by atoms with Crippen molar-refractivity contribution in [2.75, 3.05) is 20.3 Å². The smallest absolute Gasteiger partial charge is 0.124 e. The Labute approximate surface area is 126 Å². The van der Waals surface area contributed by atoms with E-state index in [1.165, 1.54) is 12.0 Å². The lowest BCUT2D eigenvalue weighted by Crippen LogP contribution is -2.37. The molecule has 1 aromatic rings. The number of ether oxygens (including phenoxy) is 2. The minimum Gasteiger partial charge on any atom is -0.497 e. The highest BCUT2D eigenvalue weighted by atomic mass is 16.5. The number of rotatable bonds is 4. The number of hydrogen-bond acceptors (Lipinski definition) is 4. The summed E-state index contributed by atoms with van der Waals surface area (Å²) in [6, 6.07) is 6.27. The number of benzene rings is 1. The zero-order valence-corrected chi connectivity index (χ0v) is 12.7. The van der Waals surface area contributed by atoms with Gasteiger partial charge in [-0.1, -0.05) is 12.8 Å². The third-order valence-electron chi connectivity index (χ3n) is 4.75. The summed E-state index contributed by atoms with van der Waals surface area (Å²) in [7, 11) is 1.69. The third-order valence-corrected chi connectivity index (χ3v) is 4.75. The summed E-state index contributed by atoms with van der Waals surface area (Å²) in [5.41, 5.74) is 1.17. The molecule has 0 spiro atoms. The molecule has 116 valence electrons. The van der Waals surface area contributed by atoms with Gasteiger partial charge in [0.2, 0.25) is 0 Å². The number of aliphatic hydroxyl groups excluding tert-OH is 1. The van der Waals surface area contributed by atoms with Crippen LogP contribution in [-0.2, 0) is 0 Å². The van der Waals surface area contributed by atoms with Crippen LogP contribution in [-0.4, -0.2) is 31.5 Å². The Balaban J connectivity index is 1.67. The molecule has 1 aliphatic carbocycles. The molecule has 0 amide bonds.